The average molecular weight is 290 g/mol. The topological polar surface area (TPSA) is 0 Å². The van der Waals surface area contributed by atoms with Gasteiger partial charge < -0.3 is 0 Å². The number of hydrogen-bond acceptors (Lipinski definition) is 0. The van der Waals surface area contributed by atoms with E-state index < -0.39 is 0 Å². The molecule has 0 aliphatic heterocycles. The van der Waals surface area contributed by atoms with Crippen LogP contribution < -0.4 is 10.9 Å². The fourth-order valence-electron chi connectivity index (χ4n) is 3.69. The molecule has 0 saturated heterocycles. The number of fused-ring (bicyclic) bond motifs is 1. The fourth-order valence-corrected chi connectivity index (χ4v) is 3.69. The maximum Gasteiger partial charge on any atom is 0.192 e. The molecule has 0 atom stereocenters. The Morgan fingerprint density at radius 2 is 1.27 bits per heavy atom. The van der Waals surface area contributed by atoms with E-state index in [1.807, 2.05) is 0 Å². The maximum absolute atomic E-state index is 2.47. The molecule has 0 bridgehead atoms. The van der Waals surface area contributed by atoms with E-state index in [1.165, 1.54) is 29.3 Å². The highest BCUT2D eigenvalue weighted by Crippen LogP contribution is 2.45. The molecule has 0 amide bonds. The van der Waals surface area contributed by atoms with Gasteiger partial charge in [0.25, 0.3) is 0 Å². The molecular formula is C21H27B. The molecule has 114 valence electrons. The lowest BCUT2D eigenvalue weighted by Gasteiger charge is -2.42. The summed E-state index contributed by atoms with van der Waals surface area (Å²) in [6.45, 7) is 11.7. The van der Waals surface area contributed by atoms with Crippen LogP contribution in [-0.2, 0) is 10.8 Å². The van der Waals surface area contributed by atoms with E-state index in [0.717, 1.165) is 7.28 Å². The maximum atomic E-state index is 2.47. The molecule has 0 fully saturated rings. The van der Waals surface area contributed by atoms with E-state index in [-0.39, 0.29) is 0 Å². The highest BCUT2D eigenvalue weighted by molar-refractivity contribution is 6.67. The van der Waals surface area contributed by atoms with Crippen LogP contribution in [0.5, 0.6) is 0 Å². The summed E-state index contributed by atoms with van der Waals surface area (Å²) in [6, 6.07) is 16.1. The van der Waals surface area contributed by atoms with Crippen LogP contribution in [0, 0.1) is 6.92 Å². The summed E-state index contributed by atoms with van der Waals surface area (Å²) in [5.74, 6) is 0. The lowest BCUT2D eigenvalue weighted by Crippen LogP contribution is -2.36. The van der Waals surface area contributed by atoms with Crippen molar-refractivity contribution in [2.24, 2.45) is 0 Å². The van der Waals surface area contributed by atoms with Crippen molar-refractivity contribution in [3.05, 3.63) is 59.2 Å². The third kappa shape index (κ3) is 2.86. The molecule has 0 spiro atoms. The molecule has 22 heavy (non-hydrogen) atoms. The van der Waals surface area contributed by atoms with Crippen LogP contribution in [-0.4, -0.2) is 7.28 Å². The Labute approximate surface area is 136 Å². The predicted octanol–water partition coefficient (Wildman–Crippen LogP) is 3.73. The molecule has 0 heterocycles. The van der Waals surface area contributed by atoms with Gasteiger partial charge in [0.15, 0.2) is 7.28 Å². The van der Waals surface area contributed by atoms with Gasteiger partial charge in [0, 0.05) is 0 Å². The lowest BCUT2D eigenvalue weighted by atomic mass is 9.58. The van der Waals surface area contributed by atoms with Gasteiger partial charge in [-0.1, -0.05) is 86.6 Å². The first kappa shape index (κ1) is 15.4. The third-order valence-electron chi connectivity index (χ3n) is 5.45. The average Bonchev–Trinajstić information content (AvgIpc) is 2.47. The van der Waals surface area contributed by atoms with Crippen LogP contribution in [0.3, 0.4) is 0 Å². The third-order valence-corrected chi connectivity index (χ3v) is 5.45. The molecule has 0 aromatic heterocycles. The smallest absolute Gasteiger partial charge is 0.0785 e. The van der Waals surface area contributed by atoms with Crippen molar-refractivity contribution in [1.29, 1.82) is 0 Å². The Bertz CT molecular complexity index is 678. The molecule has 1 heteroatoms. The quantitative estimate of drug-likeness (QED) is 0.739. The molecule has 0 N–H and O–H groups in total. The summed E-state index contributed by atoms with van der Waals surface area (Å²) in [6.07, 6.45) is 2.56. The van der Waals surface area contributed by atoms with Gasteiger partial charge in [-0.25, -0.2) is 0 Å². The van der Waals surface area contributed by atoms with E-state index in [4.69, 9.17) is 0 Å². The number of benzene rings is 2. The summed E-state index contributed by atoms with van der Waals surface area (Å²) in [7, 11) is 1.03. The largest absolute Gasteiger partial charge is 0.192 e. The summed E-state index contributed by atoms with van der Waals surface area (Å²) in [5.41, 5.74) is 7.90. The zero-order valence-corrected chi connectivity index (χ0v) is 14.7. The first-order chi connectivity index (χ1) is 10.3. The van der Waals surface area contributed by atoms with Crippen molar-refractivity contribution in [2.45, 2.75) is 58.3 Å². The van der Waals surface area contributed by atoms with Gasteiger partial charge in [-0.3, -0.25) is 0 Å². The van der Waals surface area contributed by atoms with Crippen molar-refractivity contribution in [2.75, 3.05) is 0 Å². The van der Waals surface area contributed by atoms with Crippen molar-refractivity contribution < 1.29 is 0 Å². The van der Waals surface area contributed by atoms with Gasteiger partial charge in [0.2, 0.25) is 0 Å². The summed E-state index contributed by atoms with van der Waals surface area (Å²) in [5, 5.41) is 0. The predicted molar refractivity (Wildman–Crippen MR) is 99.3 cm³/mol. The Hall–Kier alpha value is -1.50. The van der Waals surface area contributed by atoms with Crippen molar-refractivity contribution in [3.8, 4) is 0 Å². The van der Waals surface area contributed by atoms with Crippen molar-refractivity contribution in [3.63, 3.8) is 0 Å². The Balaban J connectivity index is 1.97. The minimum Gasteiger partial charge on any atom is -0.0785 e. The van der Waals surface area contributed by atoms with Crippen molar-refractivity contribution in [1.82, 2.24) is 0 Å². The van der Waals surface area contributed by atoms with Crippen LogP contribution >= 0.6 is 0 Å². The summed E-state index contributed by atoms with van der Waals surface area (Å²) < 4.78 is 0. The standard InChI is InChI=1S/C21H27B/c1-15-6-8-16(9-7-15)22-17-10-11-18-19(14-17)21(4,5)13-12-20(18,2)3/h6-11,14,22H,12-13H2,1-5H3. The van der Waals surface area contributed by atoms with Crippen molar-refractivity contribution >= 4 is 18.2 Å². The first-order valence-electron chi connectivity index (χ1n) is 8.47. The SMILES string of the molecule is Cc1ccc(Bc2ccc3c(c2)C(C)(C)CCC3(C)C)cc1. The second kappa shape index (κ2) is 5.30. The molecule has 0 unspecified atom stereocenters. The van der Waals surface area contributed by atoms with Crippen LogP contribution in [0.4, 0.5) is 0 Å². The first-order valence-corrected chi connectivity index (χ1v) is 8.47. The van der Waals surface area contributed by atoms with E-state index in [2.05, 4.69) is 77.1 Å². The molecule has 2 aromatic rings. The highest BCUT2D eigenvalue weighted by atomic mass is 14.4. The van der Waals surface area contributed by atoms with Crippen LogP contribution in [0.1, 0.15) is 57.2 Å². The monoisotopic (exact) mass is 290 g/mol. The Kier molecular flexibility index (Phi) is 3.71. The zero-order chi connectivity index (χ0) is 16.0. The molecular weight excluding hydrogens is 263 g/mol. The van der Waals surface area contributed by atoms with E-state index in [0.29, 0.717) is 10.8 Å². The second-order valence-corrected chi connectivity index (χ2v) is 8.31. The number of hydrogen-bond donors (Lipinski definition) is 0. The van der Waals surface area contributed by atoms with E-state index >= 15 is 0 Å². The summed E-state index contributed by atoms with van der Waals surface area (Å²) in [4.78, 5) is 0. The van der Waals surface area contributed by atoms with Gasteiger partial charge in [0.1, 0.15) is 0 Å². The molecule has 2 aromatic carbocycles. The molecule has 3 rings (SSSR count). The normalized spacial score (nSPS) is 18.6. The minimum absolute atomic E-state index is 0.300. The Morgan fingerprint density at radius 3 is 1.91 bits per heavy atom. The zero-order valence-electron chi connectivity index (χ0n) is 14.7. The lowest BCUT2D eigenvalue weighted by molar-refractivity contribution is 0.332. The highest BCUT2D eigenvalue weighted by Gasteiger charge is 2.36. The van der Waals surface area contributed by atoms with Gasteiger partial charge >= 0.3 is 0 Å². The molecule has 0 saturated carbocycles. The summed E-state index contributed by atoms with van der Waals surface area (Å²) >= 11 is 0. The molecule has 0 radical (unpaired) electrons. The van der Waals surface area contributed by atoms with Crippen LogP contribution in [0.2, 0.25) is 0 Å². The van der Waals surface area contributed by atoms with Gasteiger partial charge in [-0.15, -0.1) is 0 Å². The second-order valence-electron chi connectivity index (χ2n) is 8.31. The van der Waals surface area contributed by atoms with Crippen LogP contribution in [0.25, 0.3) is 0 Å². The molecule has 1 aliphatic rings. The van der Waals surface area contributed by atoms with E-state index in [1.54, 1.807) is 11.1 Å². The molecule has 1 aliphatic carbocycles. The van der Waals surface area contributed by atoms with E-state index in [9.17, 15) is 0 Å². The molecule has 0 nitrogen and oxygen atoms in total. The fraction of sp³-hybridized carbons (Fsp3) is 0.429. The Morgan fingerprint density at radius 1 is 0.727 bits per heavy atom. The number of aryl methyl sites for hydroxylation is 1. The van der Waals surface area contributed by atoms with Gasteiger partial charge in [0.05, 0.1) is 0 Å². The minimum atomic E-state index is 0.300. The van der Waals surface area contributed by atoms with Crippen LogP contribution in [0.15, 0.2) is 42.5 Å². The number of rotatable bonds is 2. The van der Waals surface area contributed by atoms with Gasteiger partial charge in [-0.2, -0.15) is 0 Å². The van der Waals surface area contributed by atoms with Gasteiger partial charge in [-0.05, 0) is 41.7 Å².